The van der Waals surface area contributed by atoms with E-state index in [1.54, 1.807) is 0 Å². The Kier molecular flexibility index (Phi) is 43.1. The third-order valence-corrected chi connectivity index (χ3v) is 11.4. The predicted molar refractivity (Wildman–Crippen MR) is 232 cm³/mol. The zero-order chi connectivity index (χ0) is 38.7. The fourth-order valence-corrected chi connectivity index (χ4v) is 7.60. The van der Waals surface area contributed by atoms with E-state index in [9.17, 15) is 20.1 Å². The number of carbonyl (C=O) groups is 1. The number of hydrogen-bond donors (Lipinski definition) is 4. The van der Waals surface area contributed by atoms with Crippen molar-refractivity contribution in [3.8, 4) is 0 Å². The number of aliphatic hydroxyl groups excluding tert-OH is 3. The first-order valence-electron chi connectivity index (χ1n) is 24.0. The summed E-state index contributed by atoms with van der Waals surface area (Å²) in [6.07, 6.45) is 52.2. The van der Waals surface area contributed by atoms with Gasteiger partial charge in [0.25, 0.3) is 0 Å². The van der Waals surface area contributed by atoms with Gasteiger partial charge in [-0.3, -0.25) is 4.79 Å². The molecule has 0 aliphatic rings. The van der Waals surface area contributed by atoms with Crippen LogP contribution in [0, 0.1) is 0 Å². The fraction of sp³-hybridized carbons (Fsp3) is 0.938. The Bertz CT molecular complexity index is 743. The average molecular weight is 750 g/mol. The van der Waals surface area contributed by atoms with Gasteiger partial charge in [-0.25, -0.2) is 0 Å². The Morgan fingerprint density at radius 1 is 0.434 bits per heavy atom. The molecule has 0 saturated carbocycles. The van der Waals surface area contributed by atoms with Gasteiger partial charge in [0.1, 0.15) is 6.10 Å². The number of allylic oxidation sites excluding steroid dienone is 2. The minimum absolute atomic E-state index is 0.311. The van der Waals surface area contributed by atoms with Gasteiger partial charge >= 0.3 is 0 Å². The third kappa shape index (κ3) is 39.1. The van der Waals surface area contributed by atoms with Gasteiger partial charge < -0.3 is 20.6 Å². The molecule has 0 aromatic rings. The van der Waals surface area contributed by atoms with Crippen molar-refractivity contribution >= 4 is 5.91 Å². The molecule has 0 aliphatic heterocycles. The smallest absolute Gasteiger partial charge is 0.249 e. The molecule has 0 radical (unpaired) electrons. The Labute approximate surface area is 331 Å². The normalized spacial score (nSPS) is 13.5. The number of rotatable bonds is 44. The first kappa shape index (κ1) is 52.1. The van der Waals surface area contributed by atoms with Crippen molar-refractivity contribution in [3.05, 3.63) is 12.2 Å². The van der Waals surface area contributed by atoms with Crippen LogP contribution >= 0.6 is 0 Å². The van der Waals surface area contributed by atoms with Crippen LogP contribution in [-0.4, -0.2) is 46.1 Å². The van der Waals surface area contributed by atoms with E-state index in [0.29, 0.717) is 12.8 Å². The minimum atomic E-state index is -1.07. The molecule has 3 unspecified atom stereocenters. The Morgan fingerprint density at radius 2 is 0.717 bits per heavy atom. The lowest BCUT2D eigenvalue weighted by Crippen LogP contribution is -2.49. The standard InChI is InChI=1S/C48H95NO4/c1-3-5-7-9-11-13-15-17-19-20-21-22-23-24-25-26-27-28-29-31-33-35-37-39-41-43-47(52)48(53)49-45(44-50)46(51)42-40-38-36-34-32-30-18-16-14-12-10-8-6-4-2/h24-25,45-47,50-52H,3-23,26-44H2,1-2H3,(H,49,53)/b25-24-. The first-order valence-corrected chi connectivity index (χ1v) is 24.0. The molecule has 0 bridgehead atoms. The van der Waals surface area contributed by atoms with Gasteiger partial charge in [0, 0.05) is 0 Å². The maximum Gasteiger partial charge on any atom is 0.249 e. The van der Waals surface area contributed by atoms with Crippen molar-refractivity contribution in [1.82, 2.24) is 5.32 Å². The van der Waals surface area contributed by atoms with Crippen LogP contribution in [0.15, 0.2) is 12.2 Å². The molecule has 5 heteroatoms. The zero-order valence-corrected chi connectivity index (χ0v) is 35.9. The molecule has 0 spiro atoms. The molecule has 53 heavy (non-hydrogen) atoms. The largest absolute Gasteiger partial charge is 0.394 e. The molecule has 5 nitrogen and oxygen atoms in total. The van der Waals surface area contributed by atoms with Gasteiger partial charge in [-0.15, -0.1) is 0 Å². The Balaban J connectivity index is 3.55. The molecular weight excluding hydrogens is 655 g/mol. The number of nitrogens with one attached hydrogen (secondary N) is 1. The highest BCUT2D eigenvalue weighted by Gasteiger charge is 2.23. The first-order chi connectivity index (χ1) is 26.1. The molecule has 1 amide bonds. The second-order valence-electron chi connectivity index (χ2n) is 16.7. The Hall–Kier alpha value is -0.910. The van der Waals surface area contributed by atoms with Crippen molar-refractivity contribution in [2.75, 3.05) is 6.61 Å². The molecule has 0 fully saturated rings. The minimum Gasteiger partial charge on any atom is -0.394 e. The molecule has 0 rings (SSSR count). The van der Waals surface area contributed by atoms with Crippen LogP contribution in [0.5, 0.6) is 0 Å². The van der Waals surface area contributed by atoms with Gasteiger partial charge in [-0.05, 0) is 38.5 Å². The van der Waals surface area contributed by atoms with Crippen LogP contribution in [0.1, 0.15) is 264 Å². The van der Waals surface area contributed by atoms with E-state index in [2.05, 4.69) is 31.3 Å². The number of amides is 1. The summed E-state index contributed by atoms with van der Waals surface area (Å²) in [6, 6.07) is -0.709. The topological polar surface area (TPSA) is 89.8 Å². The summed E-state index contributed by atoms with van der Waals surface area (Å²) in [5.41, 5.74) is 0. The van der Waals surface area contributed by atoms with E-state index in [0.717, 1.165) is 32.1 Å². The molecule has 0 aliphatic carbocycles. The number of carbonyl (C=O) groups excluding carboxylic acids is 1. The molecule has 316 valence electrons. The molecule has 3 atom stereocenters. The second-order valence-corrected chi connectivity index (χ2v) is 16.7. The van der Waals surface area contributed by atoms with Crippen LogP contribution in [0.25, 0.3) is 0 Å². The SMILES string of the molecule is CCCCCCCCCCCCCC/C=C\CCCCCCCCCCCC(O)C(=O)NC(CO)C(O)CCCCCCCCCCCCCCCC. The van der Waals surface area contributed by atoms with Crippen LogP contribution in [0.4, 0.5) is 0 Å². The monoisotopic (exact) mass is 750 g/mol. The van der Waals surface area contributed by atoms with Crippen LogP contribution < -0.4 is 5.32 Å². The van der Waals surface area contributed by atoms with Crippen molar-refractivity contribution < 1.29 is 20.1 Å². The molecule has 0 saturated heterocycles. The quantitative estimate of drug-likeness (QED) is 0.0369. The van der Waals surface area contributed by atoms with Gasteiger partial charge in [0.2, 0.25) is 5.91 Å². The lowest BCUT2D eigenvalue weighted by Gasteiger charge is -2.23. The number of unbranched alkanes of at least 4 members (excludes halogenated alkanes) is 34. The average Bonchev–Trinajstić information content (AvgIpc) is 3.16. The highest BCUT2D eigenvalue weighted by molar-refractivity contribution is 5.80. The molecular formula is C48H95NO4. The summed E-state index contributed by atoms with van der Waals surface area (Å²) in [5, 5.41) is 33.4. The molecule has 0 heterocycles. The van der Waals surface area contributed by atoms with E-state index in [-0.39, 0.29) is 6.61 Å². The highest BCUT2D eigenvalue weighted by atomic mass is 16.3. The van der Waals surface area contributed by atoms with Crippen LogP contribution in [0.3, 0.4) is 0 Å². The fourth-order valence-electron chi connectivity index (χ4n) is 7.60. The van der Waals surface area contributed by atoms with E-state index < -0.39 is 24.2 Å². The molecule has 0 aromatic carbocycles. The predicted octanol–water partition coefficient (Wildman–Crippen LogP) is 14.0. The van der Waals surface area contributed by atoms with Crippen molar-refractivity contribution in [1.29, 1.82) is 0 Å². The second kappa shape index (κ2) is 43.8. The molecule has 0 aromatic heterocycles. The highest BCUT2D eigenvalue weighted by Crippen LogP contribution is 2.17. The summed E-state index contributed by atoms with van der Waals surface area (Å²) in [4.78, 5) is 12.5. The lowest BCUT2D eigenvalue weighted by molar-refractivity contribution is -0.131. The summed E-state index contributed by atoms with van der Waals surface area (Å²) >= 11 is 0. The Morgan fingerprint density at radius 3 is 1.04 bits per heavy atom. The summed E-state index contributed by atoms with van der Waals surface area (Å²) < 4.78 is 0. The lowest BCUT2D eigenvalue weighted by atomic mass is 10.0. The van der Waals surface area contributed by atoms with Gasteiger partial charge in [-0.1, -0.05) is 238 Å². The van der Waals surface area contributed by atoms with Crippen LogP contribution in [-0.2, 0) is 4.79 Å². The third-order valence-electron chi connectivity index (χ3n) is 11.4. The van der Waals surface area contributed by atoms with E-state index >= 15 is 0 Å². The van der Waals surface area contributed by atoms with Gasteiger partial charge in [0.05, 0.1) is 18.8 Å². The van der Waals surface area contributed by atoms with E-state index in [1.165, 1.54) is 205 Å². The van der Waals surface area contributed by atoms with Gasteiger partial charge in [-0.2, -0.15) is 0 Å². The van der Waals surface area contributed by atoms with Crippen molar-refractivity contribution in [3.63, 3.8) is 0 Å². The van der Waals surface area contributed by atoms with Crippen molar-refractivity contribution in [2.24, 2.45) is 0 Å². The van der Waals surface area contributed by atoms with E-state index in [1.807, 2.05) is 0 Å². The van der Waals surface area contributed by atoms with E-state index in [4.69, 9.17) is 0 Å². The van der Waals surface area contributed by atoms with Crippen molar-refractivity contribution in [2.45, 2.75) is 283 Å². The summed E-state index contributed by atoms with van der Waals surface area (Å²) in [6.45, 7) is 4.25. The zero-order valence-electron chi connectivity index (χ0n) is 35.9. The van der Waals surface area contributed by atoms with Crippen LogP contribution in [0.2, 0.25) is 0 Å². The maximum absolute atomic E-state index is 12.5. The molecule has 4 N–H and O–H groups in total. The summed E-state index contributed by atoms with van der Waals surface area (Å²) in [7, 11) is 0. The van der Waals surface area contributed by atoms with Gasteiger partial charge in [0.15, 0.2) is 0 Å². The summed E-state index contributed by atoms with van der Waals surface area (Å²) in [5.74, 6) is -0.469. The number of hydrogen-bond acceptors (Lipinski definition) is 4. The maximum atomic E-state index is 12.5. The number of aliphatic hydroxyl groups is 3.